The van der Waals surface area contributed by atoms with Crippen LogP contribution in [0.4, 0.5) is 0 Å². The number of aliphatic hydroxyl groups excluding tert-OH is 2. The first-order valence-electron chi connectivity index (χ1n) is 8.09. The standard InChI is InChI=1S/C18H28O3/c1-13(2)21-12-17(19)11-16-10-15(8-9-18(16)20)14-6-4-3-5-7-14/h3-7,13,15-20H,8-12H2,1-2H3. The molecule has 1 fully saturated rings. The van der Waals surface area contributed by atoms with E-state index in [4.69, 9.17) is 4.74 Å². The van der Waals surface area contributed by atoms with Gasteiger partial charge in [-0.1, -0.05) is 30.3 Å². The third-order valence-electron chi connectivity index (χ3n) is 4.41. The smallest absolute Gasteiger partial charge is 0.0777 e. The maximum absolute atomic E-state index is 10.2. The van der Waals surface area contributed by atoms with E-state index in [0.717, 1.165) is 19.3 Å². The molecule has 1 saturated carbocycles. The molecule has 0 spiro atoms. The molecule has 0 bridgehead atoms. The first-order valence-corrected chi connectivity index (χ1v) is 8.09. The lowest BCUT2D eigenvalue weighted by Crippen LogP contribution is -2.32. The van der Waals surface area contributed by atoms with Crippen LogP contribution < -0.4 is 0 Å². The lowest BCUT2D eigenvalue weighted by Gasteiger charge is -2.34. The molecule has 3 heteroatoms. The largest absolute Gasteiger partial charge is 0.393 e. The molecule has 3 nitrogen and oxygen atoms in total. The molecular formula is C18H28O3. The Morgan fingerprint density at radius 2 is 1.90 bits per heavy atom. The van der Waals surface area contributed by atoms with Crippen LogP contribution in [0.25, 0.3) is 0 Å². The zero-order valence-corrected chi connectivity index (χ0v) is 13.1. The van der Waals surface area contributed by atoms with Crippen LogP contribution in [0.2, 0.25) is 0 Å². The Morgan fingerprint density at radius 3 is 2.57 bits per heavy atom. The molecule has 0 aromatic heterocycles. The Balaban J connectivity index is 1.89. The molecule has 0 heterocycles. The summed E-state index contributed by atoms with van der Waals surface area (Å²) in [7, 11) is 0. The van der Waals surface area contributed by atoms with Crippen molar-refractivity contribution in [2.45, 2.75) is 63.8 Å². The highest BCUT2D eigenvalue weighted by Gasteiger charge is 2.31. The van der Waals surface area contributed by atoms with Crippen LogP contribution in [0.15, 0.2) is 30.3 Å². The summed E-state index contributed by atoms with van der Waals surface area (Å²) in [6.45, 7) is 4.29. The maximum atomic E-state index is 10.2. The van der Waals surface area contributed by atoms with E-state index in [1.807, 2.05) is 19.9 Å². The number of hydrogen-bond donors (Lipinski definition) is 2. The molecule has 0 radical (unpaired) electrons. The van der Waals surface area contributed by atoms with Gasteiger partial charge in [0.1, 0.15) is 0 Å². The molecule has 1 aliphatic rings. The van der Waals surface area contributed by atoms with Crippen molar-refractivity contribution in [3.63, 3.8) is 0 Å². The first-order chi connectivity index (χ1) is 10.1. The fraction of sp³-hybridized carbons (Fsp3) is 0.667. The van der Waals surface area contributed by atoms with Gasteiger partial charge in [-0.05, 0) is 56.9 Å². The van der Waals surface area contributed by atoms with Crippen LogP contribution >= 0.6 is 0 Å². The Kier molecular flexibility index (Phi) is 6.22. The Bertz CT molecular complexity index is 404. The van der Waals surface area contributed by atoms with Gasteiger partial charge in [-0.2, -0.15) is 0 Å². The minimum absolute atomic E-state index is 0.132. The SMILES string of the molecule is CC(C)OCC(O)CC1CC(c2ccccc2)CCC1O. The molecule has 118 valence electrons. The average Bonchev–Trinajstić information content (AvgIpc) is 2.48. The Hall–Kier alpha value is -0.900. The van der Waals surface area contributed by atoms with Crippen molar-refractivity contribution in [3.05, 3.63) is 35.9 Å². The number of ether oxygens (including phenoxy) is 1. The quantitative estimate of drug-likeness (QED) is 0.847. The molecule has 4 atom stereocenters. The number of hydrogen-bond acceptors (Lipinski definition) is 3. The van der Waals surface area contributed by atoms with Gasteiger partial charge < -0.3 is 14.9 Å². The van der Waals surface area contributed by atoms with Gasteiger partial charge in [-0.15, -0.1) is 0 Å². The monoisotopic (exact) mass is 292 g/mol. The molecule has 1 aromatic rings. The summed E-state index contributed by atoms with van der Waals surface area (Å²) in [5.41, 5.74) is 1.35. The maximum Gasteiger partial charge on any atom is 0.0777 e. The summed E-state index contributed by atoms with van der Waals surface area (Å²) in [6.07, 6.45) is 2.77. The number of rotatable bonds is 6. The number of aliphatic hydroxyl groups is 2. The van der Waals surface area contributed by atoms with Crippen molar-refractivity contribution in [1.29, 1.82) is 0 Å². The third kappa shape index (κ3) is 5.10. The van der Waals surface area contributed by atoms with E-state index in [1.54, 1.807) is 0 Å². The summed E-state index contributed by atoms with van der Waals surface area (Å²) in [4.78, 5) is 0. The van der Waals surface area contributed by atoms with Crippen LogP contribution in [0.1, 0.15) is 51.0 Å². The minimum Gasteiger partial charge on any atom is -0.393 e. The van der Waals surface area contributed by atoms with E-state index in [0.29, 0.717) is 18.9 Å². The second-order valence-corrected chi connectivity index (χ2v) is 6.52. The fourth-order valence-electron chi connectivity index (χ4n) is 3.25. The molecule has 2 rings (SSSR count). The summed E-state index contributed by atoms with van der Waals surface area (Å²) >= 11 is 0. The molecule has 4 unspecified atom stereocenters. The average molecular weight is 292 g/mol. The molecule has 1 aromatic carbocycles. The highest BCUT2D eigenvalue weighted by molar-refractivity contribution is 5.20. The topological polar surface area (TPSA) is 49.7 Å². The van der Waals surface area contributed by atoms with Crippen LogP contribution in [-0.4, -0.2) is 35.1 Å². The molecular weight excluding hydrogens is 264 g/mol. The fourth-order valence-corrected chi connectivity index (χ4v) is 3.25. The van der Waals surface area contributed by atoms with Crippen molar-refractivity contribution in [2.24, 2.45) is 5.92 Å². The second kappa shape index (κ2) is 7.92. The van der Waals surface area contributed by atoms with Crippen molar-refractivity contribution < 1.29 is 14.9 Å². The summed E-state index contributed by atoms with van der Waals surface area (Å²) in [6, 6.07) is 10.5. The predicted octanol–water partition coefficient (Wildman–Crippen LogP) is 3.11. The van der Waals surface area contributed by atoms with Gasteiger partial charge in [0.25, 0.3) is 0 Å². The van der Waals surface area contributed by atoms with Crippen molar-refractivity contribution in [2.75, 3.05) is 6.61 Å². The van der Waals surface area contributed by atoms with E-state index in [2.05, 4.69) is 24.3 Å². The van der Waals surface area contributed by atoms with E-state index >= 15 is 0 Å². The number of benzene rings is 1. The van der Waals surface area contributed by atoms with Gasteiger partial charge in [0, 0.05) is 0 Å². The van der Waals surface area contributed by atoms with E-state index < -0.39 is 6.10 Å². The van der Waals surface area contributed by atoms with Gasteiger partial charge in [0.2, 0.25) is 0 Å². The van der Waals surface area contributed by atoms with E-state index in [1.165, 1.54) is 5.56 Å². The van der Waals surface area contributed by atoms with Gasteiger partial charge in [0.15, 0.2) is 0 Å². The second-order valence-electron chi connectivity index (χ2n) is 6.52. The van der Waals surface area contributed by atoms with Gasteiger partial charge in [0.05, 0.1) is 24.9 Å². The molecule has 2 N–H and O–H groups in total. The van der Waals surface area contributed by atoms with Gasteiger partial charge in [-0.25, -0.2) is 0 Å². The molecule has 0 amide bonds. The van der Waals surface area contributed by atoms with Crippen molar-refractivity contribution in [1.82, 2.24) is 0 Å². The lowest BCUT2D eigenvalue weighted by molar-refractivity contribution is -0.0249. The van der Waals surface area contributed by atoms with Crippen molar-refractivity contribution >= 4 is 0 Å². The zero-order valence-electron chi connectivity index (χ0n) is 13.1. The van der Waals surface area contributed by atoms with Crippen molar-refractivity contribution in [3.8, 4) is 0 Å². The van der Waals surface area contributed by atoms with E-state index in [-0.39, 0.29) is 18.1 Å². The van der Waals surface area contributed by atoms with Crippen LogP contribution in [-0.2, 0) is 4.74 Å². The van der Waals surface area contributed by atoms with Gasteiger partial charge >= 0.3 is 0 Å². The predicted molar refractivity (Wildman–Crippen MR) is 84.2 cm³/mol. The summed E-state index contributed by atoms with van der Waals surface area (Å²) < 4.78 is 5.46. The highest BCUT2D eigenvalue weighted by Crippen LogP contribution is 2.38. The highest BCUT2D eigenvalue weighted by atomic mass is 16.5. The lowest BCUT2D eigenvalue weighted by atomic mass is 9.74. The van der Waals surface area contributed by atoms with Gasteiger partial charge in [-0.3, -0.25) is 0 Å². The molecule has 1 aliphatic carbocycles. The Labute approximate surface area is 128 Å². The third-order valence-corrected chi connectivity index (χ3v) is 4.41. The Morgan fingerprint density at radius 1 is 1.19 bits per heavy atom. The van der Waals surface area contributed by atoms with Crippen LogP contribution in [0.3, 0.4) is 0 Å². The molecule has 0 saturated heterocycles. The normalized spacial score (nSPS) is 27.8. The molecule has 0 aliphatic heterocycles. The summed E-state index contributed by atoms with van der Waals surface area (Å²) in [5, 5.41) is 20.3. The minimum atomic E-state index is -0.485. The van der Waals surface area contributed by atoms with Crippen LogP contribution in [0.5, 0.6) is 0 Å². The zero-order chi connectivity index (χ0) is 15.2. The summed E-state index contributed by atoms with van der Waals surface area (Å²) in [5.74, 6) is 0.660. The van der Waals surface area contributed by atoms with Crippen LogP contribution in [0, 0.1) is 5.92 Å². The first kappa shape index (κ1) is 16.5. The molecule has 21 heavy (non-hydrogen) atoms. The van der Waals surface area contributed by atoms with E-state index in [9.17, 15) is 10.2 Å².